The molecule has 0 aliphatic heterocycles. The van der Waals surface area contributed by atoms with Crippen molar-refractivity contribution in [2.24, 2.45) is 0 Å². The Labute approximate surface area is 216 Å². The molecule has 0 saturated heterocycles. The number of amides is 2. The molecule has 8 nitrogen and oxygen atoms in total. The summed E-state index contributed by atoms with van der Waals surface area (Å²) in [4.78, 5) is 23.8. The zero-order chi connectivity index (χ0) is 25.7. The van der Waals surface area contributed by atoms with E-state index in [0.717, 1.165) is 5.56 Å². The van der Waals surface area contributed by atoms with Gasteiger partial charge in [0.05, 0.1) is 26.4 Å². The number of carbonyl (C=O) groups excluding carboxylic acids is 2. The Morgan fingerprint density at radius 1 is 0.622 bits per heavy atom. The lowest BCUT2D eigenvalue weighted by molar-refractivity contribution is 0.0486. The molecule has 2 N–H and O–H groups in total. The molecule has 0 radical (unpaired) electrons. The fourth-order valence-electron chi connectivity index (χ4n) is 4.20. The average Bonchev–Trinajstić information content (AvgIpc) is 3.26. The first-order valence-electron chi connectivity index (χ1n) is 12.4. The molecule has 0 heterocycles. The average molecular weight is 505 g/mol. The third-order valence-corrected chi connectivity index (χ3v) is 5.96. The Morgan fingerprint density at radius 3 is 1.73 bits per heavy atom. The molecule has 0 unspecified atom stereocenters. The van der Waals surface area contributed by atoms with Gasteiger partial charge in [-0.15, -0.1) is 0 Å². The third-order valence-electron chi connectivity index (χ3n) is 5.96. The molecule has 37 heavy (non-hydrogen) atoms. The predicted octanol–water partition coefficient (Wildman–Crippen LogP) is 4.48. The summed E-state index contributed by atoms with van der Waals surface area (Å²) in [6, 6.07) is 25.9. The second-order valence-electron chi connectivity index (χ2n) is 8.47. The molecule has 3 aromatic rings. The standard InChI is InChI=1S/C29H32N2O6/c32-28(36-20-22-8-2-1-3-9-22)30-14-16-34-18-19-35-17-15-31-29(33)37-21-27-25-12-6-4-10-23(25)24-11-5-7-13-26(24)27/h1-13,27H,14-21H2,(H,30,32)(H,31,33). The number of ether oxygens (including phenoxy) is 4. The number of hydrogen-bond acceptors (Lipinski definition) is 6. The number of benzene rings is 3. The number of fused-ring (bicyclic) bond motifs is 3. The van der Waals surface area contributed by atoms with Crippen LogP contribution in [0.15, 0.2) is 78.9 Å². The quantitative estimate of drug-likeness (QED) is 0.333. The van der Waals surface area contributed by atoms with E-state index in [1.165, 1.54) is 22.3 Å². The number of alkyl carbamates (subject to hydrolysis) is 2. The van der Waals surface area contributed by atoms with Crippen LogP contribution < -0.4 is 10.6 Å². The molecular formula is C29H32N2O6. The van der Waals surface area contributed by atoms with E-state index < -0.39 is 12.2 Å². The van der Waals surface area contributed by atoms with Gasteiger partial charge in [-0.3, -0.25) is 0 Å². The van der Waals surface area contributed by atoms with Crippen LogP contribution in [-0.4, -0.2) is 58.3 Å². The minimum atomic E-state index is -0.483. The van der Waals surface area contributed by atoms with Gasteiger partial charge in [0.25, 0.3) is 0 Å². The summed E-state index contributed by atoms with van der Waals surface area (Å²) in [5.74, 6) is 0.0340. The van der Waals surface area contributed by atoms with Crippen molar-refractivity contribution >= 4 is 12.2 Å². The monoisotopic (exact) mass is 504 g/mol. The maximum atomic E-state index is 12.2. The summed E-state index contributed by atoms with van der Waals surface area (Å²) >= 11 is 0. The zero-order valence-electron chi connectivity index (χ0n) is 20.7. The van der Waals surface area contributed by atoms with Crippen molar-refractivity contribution < 1.29 is 28.5 Å². The summed E-state index contributed by atoms with van der Waals surface area (Å²) in [5.41, 5.74) is 5.68. The predicted molar refractivity (Wildman–Crippen MR) is 139 cm³/mol. The van der Waals surface area contributed by atoms with Crippen LogP contribution in [0.3, 0.4) is 0 Å². The minimum absolute atomic E-state index is 0.0340. The molecule has 0 fully saturated rings. The highest BCUT2D eigenvalue weighted by molar-refractivity contribution is 5.79. The van der Waals surface area contributed by atoms with Gasteiger partial charge in [0.15, 0.2) is 0 Å². The number of rotatable bonds is 13. The highest BCUT2D eigenvalue weighted by atomic mass is 16.6. The van der Waals surface area contributed by atoms with E-state index in [2.05, 4.69) is 34.9 Å². The molecular weight excluding hydrogens is 472 g/mol. The maximum absolute atomic E-state index is 12.2. The van der Waals surface area contributed by atoms with Gasteiger partial charge in [-0.05, 0) is 27.8 Å². The van der Waals surface area contributed by atoms with E-state index >= 15 is 0 Å². The highest BCUT2D eigenvalue weighted by Crippen LogP contribution is 2.44. The fourth-order valence-corrected chi connectivity index (χ4v) is 4.20. The van der Waals surface area contributed by atoms with E-state index in [9.17, 15) is 9.59 Å². The van der Waals surface area contributed by atoms with Crippen LogP contribution in [0.5, 0.6) is 0 Å². The van der Waals surface area contributed by atoms with E-state index in [-0.39, 0.29) is 19.1 Å². The van der Waals surface area contributed by atoms with Gasteiger partial charge < -0.3 is 29.6 Å². The summed E-state index contributed by atoms with van der Waals surface area (Å²) in [6.07, 6.45) is -0.949. The van der Waals surface area contributed by atoms with Crippen LogP contribution >= 0.6 is 0 Å². The highest BCUT2D eigenvalue weighted by Gasteiger charge is 2.28. The summed E-state index contributed by atoms with van der Waals surface area (Å²) < 4.78 is 21.5. The molecule has 1 aliphatic rings. The molecule has 0 saturated carbocycles. The van der Waals surface area contributed by atoms with Crippen molar-refractivity contribution in [2.45, 2.75) is 12.5 Å². The van der Waals surface area contributed by atoms with Gasteiger partial charge in [-0.2, -0.15) is 0 Å². The first kappa shape index (κ1) is 26.2. The van der Waals surface area contributed by atoms with Crippen LogP contribution in [-0.2, 0) is 25.6 Å². The summed E-state index contributed by atoms with van der Waals surface area (Å²) in [6.45, 7) is 2.65. The van der Waals surface area contributed by atoms with Crippen LogP contribution in [0, 0.1) is 0 Å². The molecule has 3 aromatic carbocycles. The lowest BCUT2D eigenvalue weighted by atomic mass is 9.98. The van der Waals surface area contributed by atoms with Crippen molar-refractivity contribution in [3.63, 3.8) is 0 Å². The van der Waals surface area contributed by atoms with Crippen LogP contribution in [0.2, 0.25) is 0 Å². The van der Waals surface area contributed by atoms with Crippen molar-refractivity contribution in [3.8, 4) is 11.1 Å². The number of nitrogens with one attached hydrogen (secondary N) is 2. The molecule has 194 valence electrons. The Balaban J connectivity index is 1.00. The number of hydrogen-bond donors (Lipinski definition) is 2. The van der Waals surface area contributed by atoms with Gasteiger partial charge >= 0.3 is 12.2 Å². The zero-order valence-corrected chi connectivity index (χ0v) is 20.7. The summed E-state index contributed by atoms with van der Waals surface area (Å²) in [5, 5.41) is 5.34. The molecule has 0 aromatic heterocycles. The molecule has 4 rings (SSSR count). The lowest BCUT2D eigenvalue weighted by Gasteiger charge is -2.14. The number of carbonyl (C=O) groups is 2. The SMILES string of the molecule is O=C(NCCOCCOCCNC(=O)OCC1c2ccccc2-c2ccccc21)OCc1ccccc1. The molecule has 0 atom stereocenters. The largest absolute Gasteiger partial charge is 0.449 e. The molecule has 2 amide bonds. The Kier molecular flexibility index (Phi) is 9.92. The van der Waals surface area contributed by atoms with E-state index in [0.29, 0.717) is 39.5 Å². The first-order chi connectivity index (χ1) is 18.2. The van der Waals surface area contributed by atoms with Gasteiger partial charge in [-0.25, -0.2) is 9.59 Å². The molecule has 1 aliphatic carbocycles. The van der Waals surface area contributed by atoms with Gasteiger partial charge in [0.2, 0.25) is 0 Å². The second-order valence-corrected chi connectivity index (χ2v) is 8.47. The van der Waals surface area contributed by atoms with Crippen molar-refractivity contribution in [1.82, 2.24) is 10.6 Å². The normalized spacial score (nSPS) is 11.9. The van der Waals surface area contributed by atoms with Crippen molar-refractivity contribution in [2.75, 3.05) is 46.1 Å². The van der Waals surface area contributed by atoms with Crippen LogP contribution in [0.25, 0.3) is 11.1 Å². The second kappa shape index (κ2) is 14.0. The minimum Gasteiger partial charge on any atom is -0.449 e. The topological polar surface area (TPSA) is 95.1 Å². The van der Waals surface area contributed by atoms with Crippen molar-refractivity contribution in [1.29, 1.82) is 0 Å². The first-order valence-corrected chi connectivity index (χ1v) is 12.4. The van der Waals surface area contributed by atoms with E-state index in [4.69, 9.17) is 18.9 Å². The molecule has 0 spiro atoms. The molecule has 0 bridgehead atoms. The maximum Gasteiger partial charge on any atom is 0.407 e. The fraction of sp³-hybridized carbons (Fsp3) is 0.310. The lowest BCUT2D eigenvalue weighted by Crippen LogP contribution is -2.30. The van der Waals surface area contributed by atoms with E-state index in [1.54, 1.807) is 0 Å². The van der Waals surface area contributed by atoms with Gasteiger partial charge in [0.1, 0.15) is 13.2 Å². The van der Waals surface area contributed by atoms with E-state index in [1.807, 2.05) is 54.6 Å². The van der Waals surface area contributed by atoms with Gasteiger partial charge in [-0.1, -0.05) is 78.9 Å². The Hall–Kier alpha value is -3.88. The molecule has 8 heteroatoms. The van der Waals surface area contributed by atoms with Gasteiger partial charge in [0, 0.05) is 19.0 Å². The third kappa shape index (κ3) is 7.80. The smallest absolute Gasteiger partial charge is 0.407 e. The Morgan fingerprint density at radius 2 is 1.14 bits per heavy atom. The van der Waals surface area contributed by atoms with Crippen molar-refractivity contribution in [3.05, 3.63) is 95.6 Å². The van der Waals surface area contributed by atoms with Crippen LogP contribution in [0.1, 0.15) is 22.6 Å². The summed E-state index contributed by atoms with van der Waals surface area (Å²) in [7, 11) is 0. The van der Waals surface area contributed by atoms with Crippen LogP contribution in [0.4, 0.5) is 9.59 Å². The Bertz CT molecular complexity index is 1110.